The lowest BCUT2D eigenvalue weighted by atomic mass is 9.97. The first-order valence-corrected chi connectivity index (χ1v) is 9.45. The van der Waals surface area contributed by atoms with Crippen LogP contribution in [-0.2, 0) is 28.5 Å². The molecule has 10 heteroatoms. The molecule has 0 radical (unpaired) electrons. The largest absolute Gasteiger partial charge is 0.463 e. The second-order valence-corrected chi connectivity index (χ2v) is 9.05. The molecule has 0 aromatic carbocycles. The molecule has 0 saturated carbocycles. The SMILES string of the molecule is CC(=O)OCC1OC(OC(C)(C)C)C(OC(C)C(F)(F)F)C(O)C1OC(C)(C)C. The van der Waals surface area contributed by atoms with E-state index in [9.17, 15) is 23.1 Å². The van der Waals surface area contributed by atoms with Gasteiger partial charge in [-0.1, -0.05) is 0 Å². The minimum absolute atomic E-state index is 0.265. The van der Waals surface area contributed by atoms with Crippen molar-refractivity contribution in [2.45, 2.75) is 110 Å². The molecular formula is C19H33F3O7. The molecule has 1 heterocycles. The van der Waals surface area contributed by atoms with Gasteiger partial charge in [0.05, 0.1) is 11.2 Å². The summed E-state index contributed by atoms with van der Waals surface area (Å²) < 4.78 is 66.7. The van der Waals surface area contributed by atoms with E-state index in [4.69, 9.17) is 23.7 Å². The Bertz CT molecular complexity index is 539. The predicted molar refractivity (Wildman–Crippen MR) is 97.2 cm³/mol. The fraction of sp³-hybridized carbons (Fsp3) is 0.947. The predicted octanol–water partition coefficient (Wildman–Crippen LogP) is 2.97. The van der Waals surface area contributed by atoms with Crippen molar-refractivity contribution in [3.63, 3.8) is 0 Å². The fourth-order valence-electron chi connectivity index (χ4n) is 2.68. The van der Waals surface area contributed by atoms with E-state index < -0.39 is 60.2 Å². The number of ether oxygens (including phenoxy) is 5. The third kappa shape index (κ3) is 8.75. The molecule has 0 amide bonds. The van der Waals surface area contributed by atoms with Crippen molar-refractivity contribution in [3.05, 3.63) is 0 Å². The molecule has 6 atom stereocenters. The zero-order valence-electron chi connectivity index (χ0n) is 18.2. The summed E-state index contributed by atoms with van der Waals surface area (Å²) >= 11 is 0. The highest BCUT2D eigenvalue weighted by Crippen LogP contribution is 2.34. The van der Waals surface area contributed by atoms with Gasteiger partial charge in [0, 0.05) is 6.92 Å². The number of aliphatic hydroxyl groups excluding tert-OH is 1. The quantitative estimate of drug-likeness (QED) is 0.649. The van der Waals surface area contributed by atoms with Crippen molar-refractivity contribution in [2.75, 3.05) is 6.61 Å². The Kier molecular flexibility index (Phi) is 8.52. The fourth-order valence-corrected chi connectivity index (χ4v) is 2.68. The summed E-state index contributed by atoms with van der Waals surface area (Å²) in [7, 11) is 0. The van der Waals surface area contributed by atoms with Crippen molar-refractivity contribution in [3.8, 4) is 0 Å². The van der Waals surface area contributed by atoms with Crippen molar-refractivity contribution in [2.24, 2.45) is 0 Å². The molecule has 29 heavy (non-hydrogen) atoms. The van der Waals surface area contributed by atoms with Crippen LogP contribution in [-0.4, -0.2) is 71.9 Å². The molecule has 0 aliphatic carbocycles. The van der Waals surface area contributed by atoms with E-state index in [-0.39, 0.29) is 6.61 Å². The minimum Gasteiger partial charge on any atom is -0.463 e. The normalized spacial score (nSPS) is 30.1. The van der Waals surface area contributed by atoms with Crippen LogP contribution in [0.1, 0.15) is 55.4 Å². The molecule has 6 unspecified atom stereocenters. The van der Waals surface area contributed by atoms with Crippen LogP contribution in [0, 0.1) is 0 Å². The summed E-state index contributed by atoms with van der Waals surface area (Å²) in [5.74, 6) is -0.574. The standard InChI is InChI=1S/C19H33F3O7/c1-10(19(20,21)22)26-15-13(24)14(28-17(3,4)5)12(9-25-11(2)23)27-16(15)29-18(6,7)8/h10,12-16,24H,9H2,1-8H3. The lowest BCUT2D eigenvalue weighted by Gasteiger charge is -2.47. The van der Waals surface area contributed by atoms with Crippen LogP contribution in [0.15, 0.2) is 0 Å². The Balaban J connectivity index is 3.22. The van der Waals surface area contributed by atoms with Crippen LogP contribution in [0.4, 0.5) is 13.2 Å². The molecule has 1 aliphatic rings. The molecule has 7 nitrogen and oxygen atoms in total. The van der Waals surface area contributed by atoms with Gasteiger partial charge in [-0.25, -0.2) is 0 Å². The molecule has 1 aliphatic heterocycles. The number of rotatable bonds is 6. The van der Waals surface area contributed by atoms with Gasteiger partial charge in [-0.15, -0.1) is 0 Å². The Morgan fingerprint density at radius 2 is 1.55 bits per heavy atom. The summed E-state index contributed by atoms with van der Waals surface area (Å²) in [5.41, 5.74) is -1.57. The first kappa shape index (κ1) is 26.1. The highest BCUT2D eigenvalue weighted by atomic mass is 19.4. The summed E-state index contributed by atoms with van der Waals surface area (Å²) in [6, 6.07) is 0. The van der Waals surface area contributed by atoms with E-state index in [1.165, 1.54) is 6.92 Å². The zero-order valence-corrected chi connectivity index (χ0v) is 18.2. The monoisotopic (exact) mass is 430 g/mol. The lowest BCUT2D eigenvalue weighted by Crippen LogP contribution is -2.64. The third-order valence-corrected chi connectivity index (χ3v) is 3.85. The summed E-state index contributed by atoms with van der Waals surface area (Å²) in [5, 5.41) is 10.9. The van der Waals surface area contributed by atoms with Crippen LogP contribution in [0.2, 0.25) is 0 Å². The van der Waals surface area contributed by atoms with Crippen LogP contribution in [0.5, 0.6) is 0 Å². The topological polar surface area (TPSA) is 83.5 Å². The molecule has 1 saturated heterocycles. The van der Waals surface area contributed by atoms with Gasteiger partial charge in [0.2, 0.25) is 0 Å². The molecule has 0 aromatic heterocycles. The Labute approximate surface area is 169 Å². The molecule has 0 bridgehead atoms. The second-order valence-electron chi connectivity index (χ2n) is 9.05. The highest BCUT2D eigenvalue weighted by molar-refractivity contribution is 5.65. The van der Waals surface area contributed by atoms with Gasteiger partial charge in [0.25, 0.3) is 0 Å². The number of aliphatic hydroxyl groups is 1. The average Bonchev–Trinajstić information content (AvgIpc) is 2.48. The Hall–Kier alpha value is -0.940. The smallest absolute Gasteiger partial charge is 0.414 e. The second kappa shape index (κ2) is 9.47. The van der Waals surface area contributed by atoms with Crippen LogP contribution >= 0.6 is 0 Å². The molecule has 1 N–H and O–H groups in total. The van der Waals surface area contributed by atoms with Gasteiger partial charge in [0.15, 0.2) is 12.4 Å². The van der Waals surface area contributed by atoms with Crippen LogP contribution in [0.3, 0.4) is 0 Å². The molecule has 0 spiro atoms. The molecule has 1 rings (SSSR count). The maximum absolute atomic E-state index is 13.1. The minimum atomic E-state index is -4.64. The molecule has 0 aromatic rings. The van der Waals surface area contributed by atoms with Crippen molar-refractivity contribution < 1.29 is 46.8 Å². The maximum Gasteiger partial charge on any atom is 0.414 e. The summed E-state index contributed by atoms with van der Waals surface area (Å²) in [6.45, 7) is 12.0. The highest BCUT2D eigenvalue weighted by Gasteiger charge is 2.52. The number of alkyl halides is 3. The Morgan fingerprint density at radius 3 is 1.97 bits per heavy atom. The molecular weight excluding hydrogens is 397 g/mol. The van der Waals surface area contributed by atoms with Crippen LogP contribution < -0.4 is 0 Å². The number of carbonyl (C=O) groups excluding carboxylic acids is 1. The zero-order chi connectivity index (χ0) is 22.8. The first-order chi connectivity index (χ1) is 12.9. The summed E-state index contributed by atoms with van der Waals surface area (Å²) in [4.78, 5) is 11.2. The van der Waals surface area contributed by atoms with E-state index >= 15 is 0 Å². The van der Waals surface area contributed by atoms with Gasteiger partial charge < -0.3 is 28.8 Å². The van der Waals surface area contributed by atoms with Crippen LogP contribution in [0.25, 0.3) is 0 Å². The van der Waals surface area contributed by atoms with Gasteiger partial charge in [-0.3, -0.25) is 4.79 Å². The summed E-state index contributed by atoms with van der Waals surface area (Å²) in [6.07, 6.45) is -13.2. The average molecular weight is 430 g/mol. The van der Waals surface area contributed by atoms with Gasteiger partial charge in [-0.2, -0.15) is 13.2 Å². The number of halogens is 3. The van der Waals surface area contributed by atoms with E-state index in [0.29, 0.717) is 0 Å². The number of hydrogen-bond donors (Lipinski definition) is 1. The van der Waals surface area contributed by atoms with Crippen molar-refractivity contribution in [1.82, 2.24) is 0 Å². The van der Waals surface area contributed by atoms with E-state index in [2.05, 4.69) is 0 Å². The lowest BCUT2D eigenvalue weighted by molar-refractivity contribution is -0.358. The van der Waals surface area contributed by atoms with Gasteiger partial charge >= 0.3 is 12.1 Å². The van der Waals surface area contributed by atoms with E-state index in [1.807, 2.05) is 0 Å². The van der Waals surface area contributed by atoms with Crippen molar-refractivity contribution in [1.29, 1.82) is 0 Å². The number of hydrogen-bond acceptors (Lipinski definition) is 7. The van der Waals surface area contributed by atoms with Gasteiger partial charge in [-0.05, 0) is 48.5 Å². The van der Waals surface area contributed by atoms with Gasteiger partial charge in [0.1, 0.15) is 31.0 Å². The molecule has 172 valence electrons. The van der Waals surface area contributed by atoms with E-state index in [1.54, 1.807) is 41.5 Å². The Morgan fingerprint density at radius 1 is 1.03 bits per heavy atom. The first-order valence-electron chi connectivity index (χ1n) is 9.45. The third-order valence-electron chi connectivity index (χ3n) is 3.85. The number of esters is 1. The van der Waals surface area contributed by atoms with E-state index in [0.717, 1.165) is 6.92 Å². The van der Waals surface area contributed by atoms with Crippen molar-refractivity contribution >= 4 is 5.97 Å². The molecule has 1 fully saturated rings. The maximum atomic E-state index is 13.1. The number of carbonyl (C=O) groups is 1.